The SMILES string of the molecule is CC/C=C\C/C=C\C/C=C\C/C=C\C/C=C\C/C=C\C/C=C\C/C=C\C/C=C\CCCCCCCC(=O)NC(CO)C(O)/C=C/CC/C=C/CCCCCCCCCCCCCCCCCCCCCCCCCCCC. The van der Waals surface area contributed by atoms with Gasteiger partial charge < -0.3 is 15.5 Å². The van der Waals surface area contributed by atoms with E-state index in [0.717, 1.165) is 103 Å². The van der Waals surface area contributed by atoms with Crippen molar-refractivity contribution in [1.82, 2.24) is 5.32 Å². The Kier molecular flexibility index (Phi) is 63.8. The first-order valence-corrected chi connectivity index (χ1v) is 32.9. The van der Waals surface area contributed by atoms with Crippen LogP contribution in [0.15, 0.2) is 134 Å². The molecule has 0 aliphatic carbocycles. The minimum atomic E-state index is -0.883. The molecule has 0 rings (SSSR count). The van der Waals surface area contributed by atoms with Crippen LogP contribution in [-0.4, -0.2) is 34.9 Å². The summed E-state index contributed by atoms with van der Waals surface area (Å²) in [6.45, 7) is 4.19. The molecule has 0 fully saturated rings. The van der Waals surface area contributed by atoms with Crippen molar-refractivity contribution in [3.8, 4) is 0 Å². The van der Waals surface area contributed by atoms with Crippen LogP contribution in [-0.2, 0) is 4.79 Å². The van der Waals surface area contributed by atoms with Gasteiger partial charge in [0.1, 0.15) is 0 Å². The fourth-order valence-electron chi connectivity index (χ4n) is 9.42. The molecule has 0 aromatic heterocycles. The zero-order valence-electron chi connectivity index (χ0n) is 50.7. The summed E-state index contributed by atoms with van der Waals surface area (Å²) in [6, 6.07) is -0.662. The van der Waals surface area contributed by atoms with Crippen LogP contribution < -0.4 is 5.32 Å². The van der Waals surface area contributed by atoms with E-state index in [4.69, 9.17) is 0 Å². The normalized spacial score (nSPS) is 13.7. The van der Waals surface area contributed by atoms with Crippen molar-refractivity contribution in [2.24, 2.45) is 0 Å². The van der Waals surface area contributed by atoms with Gasteiger partial charge in [-0.1, -0.05) is 327 Å². The van der Waals surface area contributed by atoms with Crippen LogP contribution in [0.1, 0.15) is 303 Å². The van der Waals surface area contributed by atoms with Gasteiger partial charge >= 0.3 is 0 Å². The van der Waals surface area contributed by atoms with Gasteiger partial charge in [-0.05, 0) is 103 Å². The molecule has 4 nitrogen and oxygen atoms in total. The molecule has 0 aliphatic rings. The summed E-state index contributed by atoms with van der Waals surface area (Å²) in [5, 5.41) is 23.2. The van der Waals surface area contributed by atoms with Crippen molar-refractivity contribution < 1.29 is 15.0 Å². The maximum atomic E-state index is 12.5. The zero-order chi connectivity index (χ0) is 55.5. The first-order valence-electron chi connectivity index (χ1n) is 32.9. The molecule has 0 saturated heterocycles. The van der Waals surface area contributed by atoms with E-state index >= 15 is 0 Å². The molecule has 0 aliphatic heterocycles. The van der Waals surface area contributed by atoms with Crippen molar-refractivity contribution in [2.75, 3.05) is 6.61 Å². The second-order valence-corrected chi connectivity index (χ2v) is 21.8. The molecule has 77 heavy (non-hydrogen) atoms. The third kappa shape index (κ3) is 63.2. The Morgan fingerprint density at radius 3 is 0.909 bits per heavy atom. The van der Waals surface area contributed by atoms with Gasteiger partial charge in [0, 0.05) is 6.42 Å². The lowest BCUT2D eigenvalue weighted by molar-refractivity contribution is -0.123. The van der Waals surface area contributed by atoms with Crippen molar-refractivity contribution in [3.05, 3.63) is 134 Å². The lowest BCUT2D eigenvalue weighted by Crippen LogP contribution is -2.45. The minimum Gasteiger partial charge on any atom is -0.394 e. The lowest BCUT2D eigenvalue weighted by Gasteiger charge is -2.19. The molecule has 1 amide bonds. The smallest absolute Gasteiger partial charge is 0.220 e. The van der Waals surface area contributed by atoms with Gasteiger partial charge in [-0.2, -0.15) is 0 Å². The molecule has 0 spiro atoms. The molecule has 0 heterocycles. The van der Waals surface area contributed by atoms with E-state index in [9.17, 15) is 15.0 Å². The summed E-state index contributed by atoms with van der Waals surface area (Å²) in [4.78, 5) is 12.5. The first kappa shape index (κ1) is 73.5. The van der Waals surface area contributed by atoms with Crippen molar-refractivity contribution in [2.45, 2.75) is 315 Å². The molecule has 2 unspecified atom stereocenters. The monoisotopic (exact) mass is 1060 g/mol. The lowest BCUT2D eigenvalue weighted by atomic mass is 10.0. The number of allylic oxidation sites excluding steroid dienone is 21. The van der Waals surface area contributed by atoms with E-state index < -0.39 is 12.1 Å². The van der Waals surface area contributed by atoms with Gasteiger partial charge in [0.05, 0.1) is 18.8 Å². The number of nitrogens with one attached hydrogen (secondary N) is 1. The number of carbonyl (C=O) groups is 1. The molecule has 3 N–H and O–H groups in total. The van der Waals surface area contributed by atoms with E-state index in [0.29, 0.717) is 6.42 Å². The number of amides is 1. The molecule has 2 atom stereocenters. The summed E-state index contributed by atoms with van der Waals surface area (Å²) >= 11 is 0. The Labute approximate surface area is 479 Å². The first-order chi connectivity index (χ1) is 38.2. The highest BCUT2D eigenvalue weighted by Crippen LogP contribution is 2.17. The molecule has 440 valence electrons. The predicted molar refractivity (Wildman–Crippen MR) is 345 cm³/mol. The maximum absolute atomic E-state index is 12.5. The third-order valence-electron chi connectivity index (χ3n) is 14.4. The predicted octanol–water partition coefficient (Wildman–Crippen LogP) is 22.5. The number of carbonyl (C=O) groups excluding carboxylic acids is 1. The Morgan fingerprint density at radius 2 is 0.584 bits per heavy atom. The maximum Gasteiger partial charge on any atom is 0.220 e. The standard InChI is InChI=1S/C73H125NO3/c1-3-5-7-9-11-13-15-17-19-21-23-25-27-29-31-33-35-37-39-41-43-45-47-49-51-53-55-57-59-61-63-65-67-69-73(77)74-71(70-75)72(76)68-66-64-62-60-58-56-54-52-50-48-46-44-42-40-38-36-34-32-30-28-26-24-22-20-18-16-14-12-10-8-6-4-2/h5,7,11,13,17,19,23,25,29,31,35,37,41,43,47,49,53,55,58,60,66,68,71-72,75-76H,3-4,6,8-10,12,14-16,18,20-22,24,26-28,30,32-34,36,38-40,42,44-46,48,50-52,54,56-57,59,61-65,67,69-70H2,1-2H3,(H,74,77)/b7-5-,13-11-,19-17-,25-23-,31-29-,37-35-,43-41-,49-47-,55-53-,60-58+,68-66+. The summed E-state index contributed by atoms with van der Waals surface area (Å²) in [6.07, 6.45) is 104. The highest BCUT2D eigenvalue weighted by molar-refractivity contribution is 5.76. The Bertz CT molecular complexity index is 1540. The van der Waals surface area contributed by atoms with Gasteiger partial charge in [0.25, 0.3) is 0 Å². The van der Waals surface area contributed by atoms with Crippen LogP contribution in [0, 0.1) is 0 Å². The Balaban J connectivity index is 3.62. The third-order valence-corrected chi connectivity index (χ3v) is 14.4. The van der Waals surface area contributed by atoms with E-state index in [2.05, 4.69) is 141 Å². The molecule has 0 radical (unpaired) electrons. The molecular formula is C73H125NO3. The van der Waals surface area contributed by atoms with Gasteiger partial charge in [0.15, 0.2) is 0 Å². The molecule has 0 bridgehead atoms. The van der Waals surface area contributed by atoms with Gasteiger partial charge in [0.2, 0.25) is 5.91 Å². The second-order valence-electron chi connectivity index (χ2n) is 21.8. The summed E-state index contributed by atoms with van der Waals surface area (Å²) in [7, 11) is 0. The van der Waals surface area contributed by atoms with Crippen LogP contribution in [0.25, 0.3) is 0 Å². The molecule has 0 saturated carbocycles. The fraction of sp³-hybridized carbons (Fsp3) is 0.685. The molecular weight excluding hydrogens is 939 g/mol. The van der Waals surface area contributed by atoms with Crippen LogP contribution in [0.5, 0.6) is 0 Å². The fourth-order valence-corrected chi connectivity index (χ4v) is 9.42. The van der Waals surface area contributed by atoms with E-state index in [-0.39, 0.29) is 12.5 Å². The molecule has 0 aromatic carbocycles. The van der Waals surface area contributed by atoms with Crippen LogP contribution in [0.4, 0.5) is 0 Å². The number of aliphatic hydroxyl groups is 2. The van der Waals surface area contributed by atoms with E-state index in [1.165, 1.54) is 180 Å². The minimum absolute atomic E-state index is 0.0955. The summed E-state index contributed by atoms with van der Waals surface area (Å²) < 4.78 is 0. The van der Waals surface area contributed by atoms with E-state index in [1.807, 2.05) is 6.08 Å². The zero-order valence-corrected chi connectivity index (χ0v) is 50.7. The van der Waals surface area contributed by atoms with E-state index in [1.54, 1.807) is 6.08 Å². The number of aliphatic hydroxyl groups excluding tert-OH is 2. The highest BCUT2D eigenvalue weighted by Gasteiger charge is 2.18. The topological polar surface area (TPSA) is 69.6 Å². The van der Waals surface area contributed by atoms with Crippen molar-refractivity contribution >= 4 is 5.91 Å². The number of hydrogen-bond acceptors (Lipinski definition) is 3. The van der Waals surface area contributed by atoms with Crippen LogP contribution in [0.3, 0.4) is 0 Å². The largest absolute Gasteiger partial charge is 0.394 e. The quantitative estimate of drug-likeness (QED) is 0.0420. The Hall–Kier alpha value is -3.47. The highest BCUT2D eigenvalue weighted by atomic mass is 16.3. The van der Waals surface area contributed by atoms with Crippen LogP contribution in [0.2, 0.25) is 0 Å². The van der Waals surface area contributed by atoms with Crippen molar-refractivity contribution in [1.29, 1.82) is 0 Å². The van der Waals surface area contributed by atoms with Crippen LogP contribution >= 0.6 is 0 Å². The number of hydrogen-bond donors (Lipinski definition) is 3. The average Bonchev–Trinajstić information content (AvgIpc) is 3.43. The summed E-state index contributed by atoms with van der Waals surface area (Å²) in [5.41, 5.74) is 0. The summed E-state index contributed by atoms with van der Waals surface area (Å²) in [5.74, 6) is -0.0955. The van der Waals surface area contributed by atoms with Crippen molar-refractivity contribution in [3.63, 3.8) is 0 Å². The van der Waals surface area contributed by atoms with Gasteiger partial charge in [-0.25, -0.2) is 0 Å². The molecule has 0 aromatic rings. The van der Waals surface area contributed by atoms with Gasteiger partial charge in [-0.15, -0.1) is 0 Å². The number of rotatable bonds is 59. The van der Waals surface area contributed by atoms with Gasteiger partial charge in [-0.3, -0.25) is 4.79 Å². The molecule has 4 heteroatoms. The average molecular weight is 1060 g/mol. The Morgan fingerprint density at radius 1 is 0.325 bits per heavy atom. The number of unbranched alkanes of at least 4 members (excludes halogenated alkanes) is 32. The second kappa shape index (κ2) is 66.8.